The van der Waals surface area contributed by atoms with Crippen molar-refractivity contribution in [3.8, 4) is 0 Å². The topological polar surface area (TPSA) is 0 Å². The first-order chi connectivity index (χ1) is 9.31. The lowest BCUT2D eigenvalue weighted by molar-refractivity contribution is 0.435. The van der Waals surface area contributed by atoms with E-state index in [0.717, 1.165) is 5.92 Å². The highest BCUT2D eigenvalue weighted by molar-refractivity contribution is 4.55. The Morgan fingerprint density at radius 1 is 0.474 bits per heavy atom. The summed E-state index contributed by atoms with van der Waals surface area (Å²) in [5.74, 6) is 0.973. The second kappa shape index (κ2) is 16.1. The molecular formula is C19H40. The Labute approximate surface area is 123 Å². The van der Waals surface area contributed by atoms with E-state index >= 15 is 0 Å². The molecule has 0 amide bonds. The largest absolute Gasteiger partial charge is 0.0654 e. The zero-order valence-corrected chi connectivity index (χ0v) is 14.2. The minimum atomic E-state index is 0.973. The maximum absolute atomic E-state index is 2.45. The van der Waals surface area contributed by atoms with E-state index in [1.54, 1.807) is 0 Å². The summed E-state index contributed by atoms with van der Waals surface area (Å²) in [6.07, 6.45) is 21.8. The van der Waals surface area contributed by atoms with Crippen molar-refractivity contribution < 1.29 is 0 Å². The van der Waals surface area contributed by atoms with Gasteiger partial charge in [0.05, 0.1) is 0 Å². The maximum Gasteiger partial charge on any atom is -0.0443 e. The van der Waals surface area contributed by atoms with E-state index in [0.29, 0.717) is 0 Å². The van der Waals surface area contributed by atoms with Crippen LogP contribution in [0.2, 0.25) is 0 Å². The van der Waals surface area contributed by atoms with Crippen molar-refractivity contribution in [3.63, 3.8) is 0 Å². The molecule has 1 atom stereocenters. The average molecular weight is 269 g/mol. The highest BCUT2D eigenvalue weighted by Gasteiger charge is 2.01. The van der Waals surface area contributed by atoms with Crippen molar-refractivity contribution >= 4 is 0 Å². The highest BCUT2D eigenvalue weighted by Crippen LogP contribution is 2.17. The monoisotopic (exact) mass is 268 g/mol. The first kappa shape index (κ1) is 19.0. The molecular weight excluding hydrogens is 228 g/mol. The van der Waals surface area contributed by atoms with Gasteiger partial charge in [0.2, 0.25) is 0 Å². The third-order valence-corrected chi connectivity index (χ3v) is 4.35. The molecule has 0 heteroatoms. The number of rotatable bonds is 15. The van der Waals surface area contributed by atoms with Crippen molar-refractivity contribution in [2.75, 3.05) is 0 Å². The molecule has 0 saturated carbocycles. The lowest BCUT2D eigenvalue weighted by Gasteiger charge is -2.10. The van der Waals surface area contributed by atoms with E-state index < -0.39 is 0 Å². The lowest BCUT2D eigenvalue weighted by atomic mass is 9.96. The van der Waals surface area contributed by atoms with Crippen molar-refractivity contribution in [3.05, 3.63) is 0 Å². The molecule has 0 unspecified atom stereocenters. The molecule has 0 fully saturated rings. The number of hydrogen-bond acceptors (Lipinski definition) is 0. The molecule has 0 aromatic rings. The van der Waals surface area contributed by atoms with Crippen LogP contribution < -0.4 is 0 Å². The molecule has 0 aliphatic heterocycles. The Kier molecular flexibility index (Phi) is 16.1. The van der Waals surface area contributed by atoms with Gasteiger partial charge in [0.25, 0.3) is 0 Å². The minimum absolute atomic E-state index is 0.973. The Hall–Kier alpha value is 0. The van der Waals surface area contributed by atoms with Crippen molar-refractivity contribution in [1.82, 2.24) is 0 Å². The highest BCUT2D eigenvalue weighted by atomic mass is 14.1. The maximum atomic E-state index is 2.45. The van der Waals surface area contributed by atoms with Crippen LogP contribution in [0.1, 0.15) is 117 Å². The molecule has 0 bridgehead atoms. The van der Waals surface area contributed by atoms with E-state index in [4.69, 9.17) is 0 Å². The molecule has 0 saturated heterocycles. The van der Waals surface area contributed by atoms with E-state index in [1.807, 2.05) is 0 Å². The summed E-state index contributed by atoms with van der Waals surface area (Å²) in [6.45, 7) is 7.04. The van der Waals surface area contributed by atoms with E-state index in [2.05, 4.69) is 20.8 Å². The molecule has 19 heavy (non-hydrogen) atoms. The quantitative estimate of drug-likeness (QED) is 0.269. The van der Waals surface area contributed by atoms with E-state index in [1.165, 1.54) is 96.3 Å². The fraction of sp³-hybridized carbons (Fsp3) is 1.00. The van der Waals surface area contributed by atoms with Crippen molar-refractivity contribution in [1.29, 1.82) is 0 Å². The van der Waals surface area contributed by atoms with E-state index in [9.17, 15) is 0 Å². The minimum Gasteiger partial charge on any atom is -0.0654 e. The second-order valence-corrected chi connectivity index (χ2v) is 6.57. The summed E-state index contributed by atoms with van der Waals surface area (Å²) in [6, 6.07) is 0. The molecule has 0 heterocycles. The van der Waals surface area contributed by atoms with Crippen molar-refractivity contribution in [2.45, 2.75) is 117 Å². The number of unbranched alkanes of at least 4 members (excludes halogenated alkanes) is 11. The van der Waals surface area contributed by atoms with Crippen LogP contribution in [-0.4, -0.2) is 0 Å². The summed E-state index contributed by atoms with van der Waals surface area (Å²) in [7, 11) is 0. The van der Waals surface area contributed by atoms with Gasteiger partial charge in [-0.05, 0) is 5.92 Å². The van der Waals surface area contributed by atoms with Crippen LogP contribution in [0.5, 0.6) is 0 Å². The van der Waals surface area contributed by atoms with Crippen LogP contribution in [-0.2, 0) is 0 Å². The molecule has 0 aromatic heterocycles. The standard InChI is InChI=1S/C19H40/c1-4-6-8-9-10-11-12-13-14-16-18-19(3)17-15-7-5-2/h19H,4-18H2,1-3H3/t19-/m0/s1. The summed E-state index contributed by atoms with van der Waals surface area (Å²) in [5.41, 5.74) is 0. The van der Waals surface area contributed by atoms with Crippen LogP contribution in [0.15, 0.2) is 0 Å². The van der Waals surface area contributed by atoms with Gasteiger partial charge in [0.1, 0.15) is 0 Å². The molecule has 0 spiro atoms. The van der Waals surface area contributed by atoms with Gasteiger partial charge in [0.15, 0.2) is 0 Å². The first-order valence-electron chi connectivity index (χ1n) is 9.31. The molecule has 0 nitrogen and oxygen atoms in total. The second-order valence-electron chi connectivity index (χ2n) is 6.57. The summed E-state index contributed by atoms with van der Waals surface area (Å²) >= 11 is 0. The predicted molar refractivity (Wildman–Crippen MR) is 89.8 cm³/mol. The van der Waals surface area contributed by atoms with Crippen LogP contribution in [0.25, 0.3) is 0 Å². The summed E-state index contributed by atoms with van der Waals surface area (Å²) in [4.78, 5) is 0. The third kappa shape index (κ3) is 15.9. The van der Waals surface area contributed by atoms with Gasteiger partial charge in [-0.15, -0.1) is 0 Å². The predicted octanol–water partition coefficient (Wildman–Crippen LogP) is 7.51. The SMILES string of the molecule is CCCCCCCCCCCC[C@@H](C)CCCCC. The lowest BCUT2D eigenvalue weighted by Crippen LogP contribution is -1.94. The van der Waals surface area contributed by atoms with Gasteiger partial charge in [-0.1, -0.05) is 117 Å². The van der Waals surface area contributed by atoms with Gasteiger partial charge >= 0.3 is 0 Å². The zero-order chi connectivity index (χ0) is 14.2. The van der Waals surface area contributed by atoms with Gasteiger partial charge in [0, 0.05) is 0 Å². The smallest absolute Gasteiger partial charge is 0.0443 e. The normalized spacial score (nSPS) is 12.8. The van der Waals surface area contributed by atoms with Gasteiger partial charge < -0.3 is 0 Å². The average Bonchev–Trinajstić information content (AvgIpc) is 2.41. The summed E-state index contributed by atoms with van der Waals surface area (Å²) < 4.78 is 0. The fourth-order valence-corrected chi connectivity index (χ4v) is 2.87. The molecule has 0 aliphatic rings. The van der Waals surface area contributed by atoms with Crippen LogP contribution >= 0.6 is 0 Å². The van der Waals surface area contributed by atoms with Gasteiger partial charge in [-0.2, -0.15) is 0 Å². The summed E-state index contributed by atoms with van der Waals surface area (Å²) in [5, 5.41) is 0. The van der Waals surface area contributed by atoms with Gasteiger partial charge in [-0.3, -0.25) is 0 Å². The Balaban J connectivity index is 3.05. The number of hydrogen-bond donors (Lipinski definition) is 0. The molecule has 0 aliphatic carbocycles. The van der Waals surface area contributed by atoms with Crippen LogP contribution in [0, 0.1) is 5.92 Å². The fourth-order valence-electron chi connectivity index (χ4n) is 2.87. The van der Waals surface area contributed by atoms with E-state index in [-0.39, 0.29) is 0 Å². The van der Waals surface area contributed by atoms with Gasteiger partial charge in [-0.25, -0.2) is 0 Å². The molecule has 0 N–H and O–H groups in total. The zero-order valence-electron chi connectivity index (χ0n) is 14.2. The Morgan fingerprint density at radius 2 is 0.789 bits per heavy atom. The first-order valence-corrected chi connectivity index (χ1v) is 9.31. The Morgan fingerprint density at radius 3 is 1.26 bits per heavy atom. The van der Waals surface area contributed by atoms with Crippen LogP contribution in [0.3, 0.4) is 0 Å². The van der Waals surface area contributed by atoms with Crippen molar-refractivity contribution in [2.24, 2.45) is 5.92 Å². The molecule has 116 valence electrons. The Bertz CT molecular complexity index is 150. The molecule has 0 rings (SSSR count). The molecule has 0 radical (unpaired) electrons. The third-order valence-electron chi connectivity index (χ3n) is 4.35. The molecule has 0 aromatic carbocycles. The van der Waals surface area contributed by atoms with Crippen LogP contribution in [0.4, 0.5) is 0 Å².